The lowest BCUT2D eigenvalue weighted by Gasteiger charge is -2.06. The van der Waals surface area contributed by atoms with Crippen molar-refractivity contribution in [3.63, 3.8) is 0 Å². The molecule has 0 saturated heterocycles. The molecule has 0 amide bonds. The van der Waals surface area contributed by atoms with Gasteiger partial charge in [0, 0.05) is 11.6 Å². The molecule has 18 heavy (non-hydrogen) atoms. The van der Waals surface area contributed by atoms with Crippen LogP contribution in [0.4, 0.5) is 0 Å². The van der Waals surface area contributed by atoms with Gasteiger partial charge in [0.25, 0.3) is 0 Å². The van der Waals surface area contributed by atoms with Gasteiger partial charge in [-0.25, -0.2) is 0 Å². The van der Waals surface area contributed by atoms with Gasteiger partial charge in [0.2, 0.25) is 0 Å². The third-order valence-electron chi connectivity index (χ3n) is 2.55. The van der Waals surface area contributed by atoms with Gasteiger partial charge < -0.3 is 5.11 Å². The van der Waals surface area contributed by atoms with E-state index in [9.17, 15) is 5.11 Å². The van der Waals surface area contributed by atoms with Crippen LogP contribution in [-0.2, 0) is 0 Å². The maximum atomic E-state index is 12.0. The first-order valence-corrected chi connectivity index (χ1v) is 5.73. The zero-order chi connectivity index (χ0) is 12.5. The molecule has 0 radical (unpaired) electrons. The summed E-state index contributed by atoms with van der Waals surface area (Å²) in [6.45, 7) is 0. The highest BCUT2D eigenvalue weighted by Gasteiger charge is 2.12. The van der Waals surface area contributed by atoms with Gasteiger partial charge >= 0.3 is 5.65 Å². The summed E-state index contributed by atoms with van der Waals surface area (Å²) in [4.78, 5) is 4.32. The van der Waals surface area contributed by atoms with Gasteiger partial charge in [-0.05, 0) is 16.8 Å². The zero-order valence-electron chi connectivity index (χ0n) is 9.25. The fourth-order valence-corrected chi connectivity index (χ4v) is 1.88. The molecule has 0 fully saturated rings. The van der Waals surface area contributed by atoms with Crippen molar-refractivity contribution in [1.29, 1.82) is 0 Å². The summed E-state index contributed by atoms with van der Waals surface area (Å²) >= 11 is 5.77. The monoisotopic (exact) mass is 257 g/mol. The molecule has 3 rings (SSSR count). The van der Waals surface area contributed by atoms with Crippen LogP contribution >= 0.6 is 11.6 Å². The van der Waals surface area contributed by atoms with Crippen molar-refractivity contribution < 1.29 is 9.62 Å². The van der Waals surface area contributed by atoms with Crippen LogP contribution < -0.4 is 9.62 Å². The largest absolute Gasteiger partial charge is 0.867 e. The van der Waals surface area contributed by atoms with Crippen LogP contribution in [0.2, 0.25) is 5.15 Å². The summed E-state index contributed by atoms with van der Waals surface area (Å²) in [5.74, 6) is -0.187. The third-order valence-corrected chi connectivity index (χ3v) is 2.76. The lowest BCUT2D eigenvalue weighted by molar-refractivity contribution is -0.586. The van der Waals surface area contributed by atoms with E-state index in [1.165, 1.54) is 10.7 Å². The SMILES string of the molecule is [O-]c1c[n+]2nc(Cl)ccc2nc1-c1ccccc1. The van der Waals surface area contributed by atoms with Crippen LogP contribution in [0, 0.1) is 0 Å². The quantitative estimate of drug-likeness (QED) is 0.623. The molecule has 1 aromatic carbocycles. The molecule has 4 nitrogen and oxygen atoms in total. The van der Waals surface area contributed by atoms with E-state index in [2.05, 4.69) is 10.1 Å². The van der Waals surface area contributed by atoms with Crippen molar-refractivity contribution in [1.82, 2.24) is 10.1 Å². The van der Waals surface area contributed by atoms with Crippen molar-refractivity contribution in [3.8, 4) is 17.0 Å². The molecule has 2 aromatic heterocycles. The summed E-state index contributed by atoms with van der Waals surface area (Å²) in [6, 6.07) is 12.7. The Balaban J connectivity index is 2.25. The van der Waals surface area contributed by atoms with Crippen molar-refractivity contribution in [3.05, 3.63) is 53.8 Å². The molecule has 2 heterocycles. The van der Waals surface area contributed by atoms with Crippen LogP contribution in [-0.4, -0.2) is 10.1 Å². The predicted molar refractivity (Wildman–Crippen MR) is 65.1 cm³/mol. The molecule has 5 heteroatoms. The lowest BCUT2D eigenvalue weighted by atomic mass is 10.1. The standard InChI is InChI=1S/C13H8ClN3O/c14-11-6-7-12-15-13(9-4-2-1-3-5-9)10(18)8-17(12)16-11/h1-8H. The first-order chi connectivity index (χ1) is 8.74. The molecule has 0 aliphatic carbocycles. The van der Waals surface area contributed by atoms with E-state index < -0.39 is 0 Å². The Morgan fingerprint density at radius 1 is 1.06 bits per heavy atom. The van der Waals surface area contributed by atoms with Crippen molar-refractivity contribution >= 4 is 17.2 Å². The van der Waals surface area contributed by atoms with Crippen LogP contribution in [0.5, 0.6) is 5.75 Å². The number of hydrogen-bond acceptors (Lipinski definition) is 3. The Hall–Kier alpha value is -2.20. The van der Waals surface area contributed by atoms with Gasteiger partial charge in [0.15, 0.2) is 10.8 Å². The van der Waals surface area contributed by atoms with Crippen molar-refractivity contribution in [2.45, 2.75) is 0 Å². The third kappa shape index (κ3) is 1.87. The maximum Gasteiger partial charge on any atom is 0.348 e. The van der Waals surface area contributed by atoms with Crippen LogP contribution in [0.1, 0.15) is 0 Å². The van der Waals surface area contributed by atoms with Crippen LogP contribution in [0.3, 0.4) is 0 Å². The molecule has 3 aromatic rings. The molecule has 0 aliphatic heterocycles. The van der Waals surface area contributed by atoms with E-state index in [0.717, 1.165) is 5.56 Å². The van der Waals surface area contributed by atoms with Crippen molar-refractivity contribution in [2.75, 3.05) is 0 Å². The highest BCUT2D eigenvalue weighted by Crippen LogP contribution is 2.23. The van der Waals surface area contributed by atoms with Gasteiger partial charge in [-0.2, -0.15) is 0 Å². The molecule has 0 atom stereocenters. The molecule has 0 N–H and O–H groups in total. The lowest BCUT2D eigenvalue weighted by Crippen LogP contribution is -2.28. The van der Waals surface area contributed by atoms with Gasteiger partial charge in [0.1, 0.15) is 6.20 Å². The van der Waals surface area contributed by atoms with E-state index in [4.69, 9.17) is 11.6 Å². The summed E-state index contributed by atoms with van der Waals surface area (Å²) in [7, 11) is 0. The Morgan fingerprint density at radius 3 is 2.61 bits per heavy atom. The number of rotatable bonds is 1. The molecule has 0 saturated carbocycles. The van der Waals surface area contributed by atoms with Crippen LogP contribution in [0.15, 0.2) is 48.7 Å². The van der Waals surface area contributed by atoms with Gasteiger partial charge in [-0.3, -0.25) is 0 Å². The zero-order valence-corrected chi connectivity index (χ0v) is 10.0. The molecule has 0 aliphatic rings. The average molecular weight is 258 g/mol. The fourth-order valence-electron chi connectivity index (χ4n) is 1.74. The highest BCUT2D eigenvalue weighted by atomic mass is 35.5. The van der Waals surface area contributed by atoms with Crippen LogP contribution in [0.25, 0.3) is 16.9 Å². The first kappa shape index (κ1) is 10.9. The van der Waals surface area contributed by atoms with Crippen molar-refractivity contribution in [2.24, 2.45) is 0 Å². The number of nitrogens with zero attached hydrogens (tertiary/aromatic N) is 3. The van der Waals surface area contributed by atoms with Gasteiger partial charge in [0.05, 0.1) is 0 Å². The number of halogens is 1. The van der Waals surface area contributed by atoms with E-state index in [-0.39, 0.29) is 5.75 Å². The Kier molecular flexibility index (Phi) is 2.57. The molecule has 0 spiro atoms. The first-order valence-electron chi connectivity index (χ1n) is 5.36. The minimum Gasteiger partial charge on any atom is -0.867 e. The van der Waals surface area contributed by atoms with E-state index in [1.54, 1.807) is 12.1 Å². The highest BCUT2D eigenvalue weighted by molar-refractivity contribution is 6.29. The summed E-state index contributed by atoms with van der Waals surface area (Å²) in [6.07, 6.45) is 1.39. The molecular formula is C13H8ClN3O. The second-order valence-electron chi connectivity index (χ2n) is 3.78. The second kappa shape index (κ2) is 4.23. The van der Waals surface area contributed by atoms with E-state index in [0.29, 0.717) is 16.5 Å². The predicted octanol–water partition coefficient (Wildman–Crippen LogP) is 1.61. The minimum atomic E-state index is -0.187. The molecule has 0 unspecified atom stereocenters. The van der Waals surface area contributed by atoms with E-state index >= 15 is 0 Å². The summed E-state index contributed by atoms with van der Waals surface area (Å²) in [5, 5.41) is 16.3. The maximum absolute atomic E-state index is 12.0. The normalized spacial score (nSPS) is 10.7. The Morgan fingerprint density at radius 2 is 1.83 bits per heavy atom. The number of aromatic nitrogens is 3. The summed E-state index contributed by atoms with van der Waals surface area (Å²) < 4.78 is 1.39. The van der Waals surface area contributed by atoms with E-state index in [1.807, 2.05) is 30.3 Å². The number of benzene rings is 1. The molecular weight excluding hydrogens is 250 g/mol. The Bertz CT molecular complexity index is 716. The van der Waals surface area contributed by atoms with Gasteiger partial charge in [-0.1, -0.05) is 47.0 Å². The minimum absolute atomic E-state index is 0.187. The molecule has 88 valence electrons. The Labute approximate surface area is 108 Å². The van der Waals surface area contributed by atoms with Gasteiger partial charge in [-0.15, -0.1) is 4.52 Å². The number of fused-ring (bicyclic) bond motifs is 1. The molecule has 0 bridgehead atoms. The smallest absolute Gasteiger partial charge is 0.348 e. The summed E-state index contributed by atoms with van der Waals surface area (Å²) in [5.41, 5.74) is 1.79. The fraction of sp³-hybridized carbons (Fsp3) is 0. The number of hydrogen-bond donors (Lipinski definition) is 0. The second-order valence-corrected chi connectivity index (χ2v) is 4.17. The topological polar surface area (TPSA) is 52.9 Å². The average Bonchev–Trinajstić information content (AvgIpc) is 2.39.